The second-order valence-electron chi connectivity index (χ2n) is 8.34. The van der Waals surface area contributed by atoms with Crippen LogP contribution in [0.25, 0.3) is 10.9 Å². The Morgan fingerprint density at radius 2 is 1.76 bits per heavy atom. The van der Waals surface area contributed by atoms with E-state index in [-0.39, 0.29) is 23.2 Å². The molecule has 0 aliphatic carbocycles. The van der Waals surface area contributed by atoms with Crippen LogP contribution in [0.5, 0.6) is 11.5 Å². The molecule has 10 heteroatoms. The van der Waals surface area contributed by atoms with Crippen molar-refractivity contribution in [2.75, 3.05) is 31.8 Å². The second-order valence-corrected chi connectivity index (χ2v) is 8.34. The molecule has 1 aromatic heterocycles. The molecular formula is C24H27F3N4O3. The number of aromatic nitrogens is 2. The number of nitrogens with zero attached hydrogens (tertiary/aromatic N) is 2. The monoisotopic (exact) mass is 476 g/mol. The Hall–Kier alpha value is -3.27. The molecule has 0 bridgehead atoms. The maximum absolute atomic E-state index is 15.2. The first-order valence-electron chi connectivity index (χ1n) is 11.0. The van der Waals surface area contributed by atoms with Crippen molar-refractivity contribution in [3.8, 4) is 11.5 Å². The van der Waals surface area contributed by atoms with E-state index in [1.165, 1.54) is 13.2 Å². The number of anilines is 2. The van der Waals surface area contributed by atoms with E-state index in [2.05, 4.69) is 9.97 Å². The first-order valence-corrected chi connectivity index (χ1v) is 11.0. The van der Waals surface area contributed by atoms with E-state index >= 15 is 4.39 Å². The normalized spacial score (nSPS) is 15.6. The van der Waals surface area contributed by atoms with Crippen molar-refractivity contribution in [2.45, 2.75) is 45.1 Å². The Morgan fingerprint density at radius 1 is 1.09 bits per heavy atom. The highest BCUT2D eigenvalue weighted by molar-refractivity contribution is 5.95. The van der Waals surface area contributed by atoms with Crippen LogP contribution in [0.4, 0.5) is 24.7 Å². The summed E-state index contributed by atoms with van der Waals surface area (Å²) in [5.41, 5.74) is 12.3. The molecule has 1 saturated heterocycles. The first-order chi connectivity index (χ1) is 16.2. The van der Waals surface area contributed by atoms with Crippen molar-refractivity contribution in [1.82, 2.24) is 9.97 Å². The van der Waals surface area contributed by atoms with Gasteiger partial charge in [-0.2, -0.15) is 0 Å². The zero-order valence-corrected chi connectivity index (χ0v) is 19.2. The molecular weight excluding hydrogens is 449 g/mol. The number of rotatable bonds is 6. The molecule has 1 aliphatic heterocycles. The summed E-state index contributed by atoms with van der Waals surface area (Å²) < 4.78 is 59.6. The Balaban J connectivity index is 1.97. The SMILES string of the molecule is COc1c(OC2CCOCC2)cc2nc(C)nc(N)c2c1C(C)c1cc(N)cc(C(F)F)c1F. The fourth-order valence-electron chi connectivity index (χ4n) is 4.44. The number of nitrogen functional groups attached to an aromatic ring is 2. The fraction of sp³-hybridized carbons (Fsp3) is 0.417. The molecule has 0 radical (unpaired) electrons. The van der Waals surface area contributed by atoms with E-state index in [0.29, 0.717) is 59.8 Å². The Kier molecular flexibility index (Phi) is 6.70. The zero-order chi connectivity index (χ0) is 24.6. The standard InChI is InChI=1S/C24H27F3N4O3/c1-11(15-8-13(28)9-16(21(15)25)23(26)27)19-20-17(30-12(2)31-24(20)29)10-18(22(19)32-3)34-14-4-6-33-7-5-14/h8-11,14,23H,4-7,28H2,1-3H3,(H2,29,30,31). The predicted molar refractivity (Wildman–Crippen MR) is 123 cm³/mol. The highest BCUT2D eigenvalue weighted by atomic mass is 19.3. The molecule has 7 nitrogen and oxygen atoms in total. The van der Waals surface area contributed by atoms with Crippen LogP contribution in [0.15, 0.2) is 18.2 Å². The van der Waals surface area contributed by atoms with Gasteiger partial charge in [0.2, 0.25) is 0 Å². The second kappa shape index (κ2) is 9.54. The number of aryl methyl sites for hydroxylation is 1. The van der Waals surface area contributed by atoms with Crippen LogP contribution >= 0.6 is 0 Å². The van der Waals surface area contributed by atoms with Gasteiger partial charge in [0.1, 0.15) is 23.6 Å². The fourth-order valence-corrected chi connectivity index (χ4v) is 4.44. The van der Waals surface area contributed by atoms with Gasteiger partial charge >= 0.3 is 0 Å². The lowest BCUT2D eigenvalue weighted by Crippen LogP contribution is -2.26. The molecule has 4 rings (SSSR count). The van der Waals surface area contributed by atoms with E-state index in [4.69, 9.17) is 25.7 Å². The minimum Gasteiger partial charge on any atom is -0.493 e. The van der Waals surface area contributed by atoms with Crippen molar-refractivity contribution < 1.29 is 27.4 Å². The third-order valence-electron chi connectivity index (χ3n) is 6.03. The number of halogens is 3. The summed E-state index contributed by atoms with van der Waals surface area (Å²) in [6, 6.07) is 4.00. The summed E-state index contributed by atoms with van der Waals surface area (Å²) in [5, 5.41) is 0.440. The van der Waals surface area contributed by atoms with E-state index in [1.807, 2.05) is 0 Å². The van der Waals surface area contributed by atoms with Crippen LogP contribution in [-0.2, 0) is 4.74 Å². The van der Waals surface area contributed by atoms with E-state index in [0.717, 1.165) is 6.07 Å². The molecule has 1 fully saturated rings. The lowest BCUT2D eigenvalue weighted by molar-refractivity contribution is 0.0245. The van der Waals surface area contributed by atoms with E-state index in [1.54, 1.807) is 19.9 Å². The van der Waals surface area contributed by atoms with Crippen LogP contribution in [0.3, 0.4) is 0 Å². The van der Waals surface area contributed by atoms with Gasteiger partial charge in [-0.1, -0.05) is 6.92 Å². The van der Waals surface area contributed by atoms with Gasteiger partial charge in [-0.3, -0.25) is 0 Å². The molecule has 0 spiro atoms. The van der Waals surface area contributed by atoms with Crippen molar-refractivity contribution in [3.63, 3.8) is 0 Å². The Bertz CT molecular complexity index is 1220. The number of hydrogen-bond acceptors (Lipinski definition) is 7. The number of hydrogen-bond donors (Lipinski definition) is 2. The number of alkyl halides is 2. The van der Waals surface area contributed by atoms with Crippen molar-refractivity contribution >= 4 is 22.4 Å². The summed E-state index contributed by atoms with van der Waals surface area (Å²) in [6.07, 6.45) is -1.75. The average molecular weight is 476 g/mol. The lowest BCUT2D eigenvalue weighted by atomic mass is 9.87. The van der Waals surface area contributed by atoms with Crippen molar-refractivity contribution in [1.29, 1.82) is 0 Å². The van der Waals surface area contributed by atoms with Crippen LogP contribution in [0, 0.1) is 12.7 Å². The van der Waals surface area contributed by atoms with Gasteiger partial charge < -0.3 is 25.7 Å². The number of fused-ring (bicyclic) bond motifs is 1. The van der Waals surface area contributed by atoms with Crippen LogP contribution in [0.2, 0.25) is 0 Å². The quantitative estimate of drug-likeness (QED) is 0.488. The van der Waals surface area contributed by atoms with Crippen molar-refractivity contribution in [2.24, 2.45) is 0 Å². The predicted octanol–water partition coefficient (Wildman–Crippen LogP) is 4.90. The number of ether oxygens (including phenoxy) is 3. The summed E-state index contributed by atoms with van der Waals surface area (Å²) in [4.78, 5) is 8.76. The van der Waals surface area contributed by atoms with E-state index < -0.39 is 23.7 Å². The minimum absolute atomic E-state index is 0.0157. The lowest BCUT2D eigenvalue weighted by Gasteiger charge is -2.27. The highest BCUT2D eigenvalue weighted by Gasteiger charge is 2.29. The molecule has 1 unspecified atom stereocenters. The first kappa shape index (κ1) is 23.9. The summed E-state index contributed by atoms with van der Waals surface area (Å²) in [5.74, 6) is -0.496. The molecule has 3 aromatic rings. The van der Waals surface area contributed by atoms with Crippen LogP contribution in [-0.4, -0.2) is 36.4 Å². The summed E-state index contributed by atoms with van der Waals surface area (Å²) in [6.45, 7) is 4.52. The van der Waals surface area contributed by atoms with Gasteiger partial charge in [-0.15, -0.1) is 0 Å². The van der Waals surface area contributed by atoms with Crippen molar-refractivity contribution in [3.05, 3.63) is 46.5 Å². The molecule has 1 atom stereocenters. The Labute approximate surface area is 195 Å². The summed E-state index contributed by atoms with van der Waals surface area (Å²) in [7, 11) is 1.46. The molecule has 4 N–H and O–H groups in total. The molecule has 2 heterocycles. The van der Waals surface area contributed by atoms with E-state index in [9.17, 15) is 8.78 Å². The third-order valence-corrected chi connectivity index (χ3v) is 6.03. The van der Waals surface area contributed by atoms with Gasteiger partial charge in [0, 0.05) is 36.1 Å². The largest absolute Gasteiger partial charge is 0.493 e. The Morgan fingerprint density at radius 3 is 2.41 bits per heavy atom. The zero-order valence-electron chi connectivity index (χ0n) is 19.2. The van der Waals surface area contributed by atoms with Gasteiger partial charge in [0.15, 0.2) is 11.5 Å². The van der Waals surface area contributed by atoms with Gasteiger partial charge in [0.05, 0.1) is 36.8 Å². The molecule has 1 aliphatic rings. The van der Waals surface area contributed by atoms with Crippen LogP contribution < -0.4 is 20.9 Å². The van der Waals surface area contributed by atoms with Crippen LogP contribution in [0.1, 0.15) is 54.6 Å². The number of methoxy groups -OCH3 is 1. The number of nitrogens with two attached hydrogens (primary N) is 2. The maximum atomic E-state index is 15.2. The molecule has 0 saturated carbocycles. The summed E-state index contributed by atoms with van der Waals surface area (Å²) >= 11 is 0. The molecule has 0 amide bonds. The number of benzene rings is 2. The van der Waals surface area contributed by atoms with Gasteiger partial charge in [0.25, 0.3) is 6.43 Å². The maximum Gasteiger partial charge on any atom is 0.266 e. The third kappa shape index (κ3) is 4.42. The smallest absolute Gasteiger partial charge is 0.266 e. The average Bonchev–Trinajstić information content (AvgIpc) is 2.79. The molecule has 182 valence electrons. The molecule has 34 heavy (non-hydrogen) atoms. The highest BCUT2D eigenvalue weighted by Crippen LogP contribution is 2.46. The van der Waals surface area contributed by atoms with Gasteiger partial charge in [-0.05, 0) is 24.6 Å². The minimum atomic E-state index is -3.02. The van der Waals surface area contributed by atoms with Gasteiger partial charge in [-0.25, -0.2) is 23.1 Å². The topological polar surface area (TPSA) is 106 Å². The molecule has 2 aromatic carbocycles.